The summed E-state index contributed by atoms with van der Waals surface area (Å²) in [6, 6.07) is 12.6. The van der Waals surface area contributed by atoms with Gasteiger partial charge in [0, 0.05) is 7.05 Å². The normalized spacial score (nSPS) is 16.4. The van der Waals surface area contributed by atoms with Crippen molar-refractivity contribution in [3.05, 3.63) is 76.0 Å². The molecule has 0 saturated heterocycles. The number of likely N-dealkylation sites (N-methyl/N-ethyl adjacent to an activating group) is 1. The lowest BCUT2D eigenvalue weighted by atomic mass is 9.94. The molecule has 6 heteroatoms. The molecular formula is C24H28N2O4. The van der Waals surface area contributed by atoms with E-state index in [4.69, 9.17) is 9.47 Å². The molecule has 0 saturated carbocycles. The number of esters is 1. The summed E-state index contributed by atoms with van der Waals surface area (Å²) in [5.41, 5.74) is 5.01. The Balaban J connectivity index is 2.03. The molecule has 0 bridgehead atoms. The highest BCUT2D eigenvalue weighted by Crippen LogP contribution is 2.32. The molecule has 2 amide bonds. The molecule has 2 aromatic rings. The first-order chi connectivity index (χ1) is 14.3. The van der Waals surface area contributed by atoms with Crippen molar-refractivity contribution >= 4 is 12.0 Å². The largest absolute Gasteiger partial charge is 0.487 e. The van der Waals surface area contributed by atoms with Gasteiger partial charge in [-0.1, -0.05) is 35.9 Å². The quantitative estimate of drug-likeness (QED) is 0.728. The summed E-state index contributed by atoms with van der Waals surface area (Å²) in [7, 11) is 1.63. The van der Waals surface area contributed by atoms with E-state index in [1.165, 1.54) is 10.5 Å². The second kappa shape index (κ2) is 9.03. The zero-order valence-electron chi connectivity index (χ0n) is 18.1. The van der Waals surface area contributed by atoms with Crippen LogP contribution in [0.15, 0.2) is 53.7 Å². The number of carbonyl (C=O) groups excluding carboxylic acids is 2. The number of hydrogen-bond donors (Lipinski definition) is 1. The molecule has 1 aliphatic rings. The van der Waals surface area contributed by atoms with E-state index in [0.717, 1.165) is 16.7 Å². The predicted octanol–water partition coefficient (Wildman–Crippen LogP) is 4.20. The van der Waals surface area contributed by atoms with Crippen LogP contribution in [0.2, 0.25) is 0 Å². The highest BCUT2D eigenvalue weighted by Gasteiger charge is 2.37. The van der Waals surface area contributed by atoms with E-state index in [2.05, 4.69) is 5.32 Å². The number of carbonyl (C=O) groups is 2. The fourth-order valence-corrected chi connectivity index (χ4v) is 3.44. The van der Waals surface area contributed by atoms with Gasteiger partial charge in [-0.25, -0.2) is 9.59 Å². The topological polar surface area (TPSA) is 67.9 Å². The van der Waals surface area contributed by atoms with E-state index in [1.807, 2.05) is 63.2 Å². The molecular weight excluding hydrogens is 380 g/mol. The number of benzene rings is 2. The van der Waals surface area contributed by atoms with Crippen LogP contribution in [-0.2, 0) is 9.53 Å². The molecule has 1 atom stereocenters. The van der Waals surface area contributed by atoms with Gasteiger partial charge in [0.05, 0.1) is 23.9 Å². The van der Waals surface area contributed by atoms with Gasteiger partial charge in [0.25, 0.3) is 0 Å². The number of aryl methyl sites for hydroxylation is 3. The summed E-state index contributed by atoms with van der Waals surface area (Å²) < 4.78 is 11.3. The minimum absolute atomic E-state index is 0.0723. The summed E-state index contributed by atoms with van der Waals surface area (Å²) in [6.07, 6.45) is 0. The third kappa shape index (κ3) is 4.48. The third-order valence-electron chi connectivity index (χ3n) is 5.30. The minimum Gasteiger partial charge on any atom is -0.487 e. The Morgan fingerprint density at radius 3 is 2.53 bits per heavy atom. The number of rotatable bonds is 6. The second-order valence-corrected chi connectivity index (χ2v) is 7.47. The Labute approximate surface area is 177 Å². The number of nitrogens with zero attached hydrogens (tertiary/aromatic N) is 1. The summed E-state index contributed by atoms with van der Waals surface area (Å²) in [4.78, 5) is 27.0. The van der Waals surface area contributed by atoms with Crippen molar-refractivity contribution in [1.29, 1.82) is 0 Å². The highest BCUT2D eigenvalue weighted by molar-refractivity contribution is 5.95. The van der Waals surface area contributed by atoms with Crippen molar-refractivity contribution < 1.29 is 19.1 Å². The summed E-state index contributed by atoms with van der Waals surface area (Å²) >= 11 is 0. The van der Waals surface area contributed by atoms with Crippen LogP contribution in [0, 0.1) is 20.8 Å². The van der Waals surface area contributed by atoms with E-state index in [0.29, 0.717) is 17.0 Å². The maximum atomic E-state index is 12.9. The zero-order chi connectivity index (χ0) is 21.8. The molecule has 6 nitrogen and oxygen atoms in total. The standard InChI is InChI=1S/C24H28N2O4/c1-6-29-23(27)21-20(14-30-19-11-10-16(3)17(4)13-19)26(5)24(28)25-22(21)18-9-7-8-15(2)12-18/h7-13,22H,6,14H2,1-5H3,(H,25,28). The highest BCUT2D eigenvalue weighted by atomic mass is 16.5. The summed E-state index contributed by atoms with van der Waals surface area (Å²) in [6.45, 7) is 8.09. The molecule has 1 unspecified atom stereocenters. The fraction of sp³-hybridized carbons (Fsp3) is 0.333. The first-order valence-electron chi connectivity index (χ1n) is 10.0. The molecule has 0 radical (unpaired) electrons. The van der Waals surface area contributed by atoms with E-state index < -0.39 is 12.0 Å². The Kier molecular flexibility index (Phi) is 6.45. The Morgan fingerprint density at radius 1 is 1.10 bits per heavy atom. The lowest BCUT2D eigenvalue weighted by Gasteiger charge is -2.34. The number of ether oxygens (including phenoxy) is 2. The molecule has 0 aliphatic carbocycles. The Morgan fingerprint density at radius 2 is 1.87 bits per heavy atom. The molecule has 1 heterocycles. The molecule has 3 rings (SSSR count). The first-order valence-corrected chi connectivity index (χ1v) is 10.0. The van der Waals surface area contributed by atoms with Crippen LogP contribution in [0.5, 0.6) is 5.75 Å². The van der Waals surface area contributed by atoms with Gasteiger partial charge >= 0.3 is 12.0 Å². The Hall–Kier alpha value is -3.28. The fourth-order valence-electron chi connectivity index (χ4n) is 3.44. The van der Waals surface area contributed by atoms with Crippen LogP contribution in [0.3, 0.4) is 0 Å². The van der Waals surface area contributed by atoms with Gasteiger partial charge < -0.3 is 14.8 Å². The molecule has 1 N–H and O–H groups in total. The van der Waals surface area contributed by atoms with Gasteiger partial charge in [-0.05, 0) is 56.5 Å². The van der Waals surface area contributed by atoms with Gasteiger partial charge in [0.1, 0.15) is 12.4 Å². The van der Waals surface area contributed by atoms with Gasteiger partial charge in [0.2, 0.25) is 0 Å². The van der Waals surface area contributed by atoms with Crippen molar-refractivity contribution in [3.8, 4) is 5.75 Å². The first kappa shape index (κ1) is 21.4. The molecule has 0 aromatic heterocycles. The van der Waals surface area contributed by atoms with Crippen LogP contribution in [-0.4, -0.2) is 37.2 Å². The monoisotopic (exact) mass is 408 g/mol. The molecule has 158 valence electrons. The van der Waals surface area contributed by atoms with Crippen molar-refractivity contribution in [2.24, 2.45) is 0 Å². The lowest BCUT2D eigenvalue weighted by Crippen LogP contribution is -2.48. The lowest BCUT2D eigenvalue weighted by molar-refractivity contribution is -0.139. The molecule has 0 fully saturated rings. The van der Waals surface area contributed by atoms with Crippen LogP contribution in [0.1, 0.15) is 35.2 Å². The number of amides is 2. The SMILES string of the molecule is CCOC(=O)C1=C(COc2ccc(C)c(C)c2)N(C)C(=O)NC1c1cccc(C)c1. The van der Waals surface area contributed by atoms with Crippen molar-refractivity contribution in [2.75, 3.05) is 20.3 Å². The van der Waals surface area contributed by atoms with Crippen LogP contribution >= 0.6 is 0 Å². The van der Waals surface area contributed by atoms with Gasteiger partial charge in [-0.15, -0.1) is 0 Å². The smallest absolute Gasteiger partial charge is 0.338 e. The maximum absolute atomic E-state index is 12.9. The van der Waals surface area contributed by atoms with Gasteiger partial charge in [0.15, 0.2) is 0 Å². The summed E-state index contributed by atoms with van der Waals surface area (Å²) in [5, 5.41) is 2.92. The zero-order valence-corrected chi connectivity index (χ0v) is 18.1. The molecule has 1 aliphatic heterocycles. The van der Waals surface area contributed by atoms with Crippen LogP contribution in [0.25, 0.3) is 0 Å². The van der Waals surface area contributed by atoms with E-state index >= 15 is 0 Å². The number of hydrogen-bond acceptors (Lipinski definition) is 4. The van der Waals surface area contributed by atoms with Gasteiger partial charge in [-0.3, -0.25) is 4.90 Å². The second-order valence-electron chi connectivity index (χ2n) is 7.47. The average molecular weight is 408 g/mol. The minimum atomic E-state index is -0.606. The van der Waals surface area contributed by atoms with Crippen LogP contribution in [0.4, 0.5) is 4.79 Å². The van der Waals surface area contributed by atoms with Crippen molar-refractivity contribution in [3.63, 3.8) is 0 Å². The number of nitrogens with one attached hydrogen (secondary N) is 1. The number of urea groups is 1. The Bertz CT molecular complexity index is 996. The maximum Gasteiger partial charge on any atom is 0.338 e. The predicted molar refractivity (Wildman–Crippen MR) is 115 cm³/mol. The molecule has 0 spiro atoms. The van der Waals surface area contributed by atoms with E-state index in [9.17, 15) is 9.59 Å². The average Bonchev–Trinajstić information content (AvgIpc) is 2.71. The van der Waals surface area contributed by atoms with Gasteiger partial charge in [-0.2, -0.15) is 0 Å². The van der Waals surface area contributed by atoms with Crippen molar-refractivity contribution in [1.82, 2.24) is 10.2 Å². The molecule has 2 aromatic carbocycles. The van der Waals surface area contributed by atoms with Crippen LogP contribution < -0.4 is 10.1 Å². The third-order valence-corrected chi connectivity index (χ3v) is 5.30. The summed E-state index contributed by atoms with van der Waals surface area (Å²) in [5.74, 6) is 0.217. The van der Waals surface area contributed by atoms with E-state index in [-0.39, 0.29) is 19.2 Å². The van der Waals surface area contributed by atoms with E-state index in [1.54, 1.807) is 14.0 Å². The van der Waals surface area contributed by atoms with Crippen molar-refractivity contribution in [2.45, 2.75) is 33.7 Å². The molecule has 30 heavy (non-hydrogen) atoms.